The average molecular weight is 311 g/mol. The molecule has 0 aromatic carbocycles. The molecular formula is C17H30N2OS. The van der Waals surface area contributed by atoms with Crippen LogP contribution in [0.3, 0.4) is 0 Å². The zero-order valence-corrected chi connectivity index (χ0v) is 14.6. The van der Waals surface area contributed by atoms with E-state index in [0.717, 1.165) is 19.6 Å². The molecule has 0 radical (unpaired) electrons. The van der Waals surface area contributed by atoms with E-state index < -0.39 is 0 Å². The minimum absolute atomic E-state index is 0.490. The predicted octanol–water partition coefficient (Wildman–Crippen LogP) is 4.02. The highest BCUT2D eigenvalue weighted by Gasteiger charge is 2.18. The third-order valence-electron chi connectivity index (χ3n) is 4.29. The Morgan fingerprint density at radius 2 is 2.24 bits per heavy atom. The molecule has 2 rings (SSSR count). The summed E-state index contributed by atoms with van der Waals surface area (Å²) in [7, 11) is 0. The lowest BCUT2D eigenvalue weighted by atomic mass is 10.00. The number of aryl methyl sites for hydroxylation is 2. The Hall–Kier alpha value is -0.450. The summed E-state index contributed by atoms with van der Waals surface area (Å²) in [4.78, 5) is 6.06. The number of rotatable bonds is 8. The third kappa shape index (κ3) is 5.68. The van der Waals surface area contributed by atoms with Crippen molar-refractivity contribution in [2.45, 2.75) is 77.9 Å². The van der Waals surface area contributed by atoms with Gasteiger partial charge in [0.1, 0.15) is 0 Å². The Balaban J connectivity index is 1.84. The van der Waals surface area contributed by atoms with Crippen molar-refractivity contribution in [2.24, 2.45) is 0 Å². The molecule has 1 N–H and O–H groups in total. The number of hydrogen-bond donors (Lipinski definition) is 1. The first-order chi connectivity index (χ1) is 10.2. The van der Waals surface area contributed by atoms with Gasteiger partial charge < -0.3 is 10.1 Å². The molecule has 1 fully saturated rings. The normalized spacial score (nSPS) is 20.6. The van der Waals surface area contributed by atoms with Crippen molar-refractivity contribution >= 4 is 11.3 Å². The highest BCUT2D eigenvalue weighted by atomic mass is 32.1. The molecule has 3 nitrogen and oxygen atoms in total. The van der Waals surface area contributed by atoms with Gasteiger partial charge in [-0.05, 0) is 58.9 Å². The zero-order valence-electron chi connectivity index (χ0n) is 13.8. The van der Waals surface area contributed by atoms with Crippen LogP contribution in [0, 0.1) is 13.8 Å². The molecule has 2 unspecified atom stereocenters. The van der Waals surface area contributed by atoms with Gasteiger partial charge in [-0.25, -0.2) is 4.98 Å². The van der Waals surface area contributed by atoms with Gasteiger partial charge in [0.25, 0.3) is 0 Å². The molecule has 4 heteroatoms. The summed E-state index contributed by atoms with van der Waals surface area (Å²) in [6.45, 7) is 8.56. The largest absolute Gasteiger partial charge is 0.378 e. The van der Waals surface area contributed by atoms with E-state index >= 15 is 0 Å². The van der Waals surface area contributed by atoms with Crippen LogP contribution in [0.15, 0.2) is 0 Å². The fraction of sp³-hybridized carbons (Fsp3) is 0.824. The monoisotopic (exact) mass is 310 g/mol. The van der Waals surface area contributed by atoms with Crippen LogP contribution in [0.5, 0.6) is 0 Å². The Morgan fingerprint density at radius 1 is 1.38 bits per heavy atom. The first-order valence-electron chi connectivity index (χ1n) is 8.47. The lowest BCUT2D eigenvalue weighted by Crippen LogP contribution is -2.33. The summed E-state index contributed by atoms with van der Waals surface area (Å²) in [6, 6.07) is 0.542. The van der Waals surface area contributed by atoms with Crippen molar-refractivity contribution < 1.29 is 4.74 Å². The molecule has 1 aromatic heterocycles. The Morgan fingerprint density at radius 3 is 2.86 bits per heavy atom. The van der Waals surface area contributed by atoms with Crippen molar-refractivity contribution in [3.05, 3.63) is 15.6 Å². The maximum Gasteiger partial charge on any atom is 0.0946 e. The Kier molecular flexibility index (Phi) is 7.14. The van der Waals surface area contributed by atoms with Crippen molar-refractivity contribution in [1.29, 1.82) is 0 Å². The number of thiazole rings is 1. The first-order valence-corrected chi connectivity index (χ1v) is 9.28. The van der Waals surface area contributed by atoms with Crippen LogP contribution in [0.1, 0.15) is 61.0 Å². The van der Waals surface area contributed by atoms with Gasteiger partial charge in [0.05, 0.1) is 16.8 Å². The van der Waals surface area contributed by atoms with Crippen LogP contribution < -0.4 is 5.32 Å². The molecule has 0 spiro atoms. The second-order valence-electron chi connectivity index (χ2n) is 6.17. The van der Waals surface area contributed by atoms with E-state index in [0.29, 0.717) is 12.1 Å². The van der Waals surface area contributed by atoms with Gasteiger partial charge >= 0.3 is 0 Å². The summed E-state index contributed by atoms with van der Waals surface area (Å²) in [5, 5.41) is 4.98. The SMILES string of the molecule is CCCNC(CCC1CCCCO1)Cc1nc(C)c(C)s1. The standard InChI is InChI=1S/C17H30N2OS/c1-4-10-18-15(8-9-16-7-5-6-11-20-16)12-17-19-13(2)14(3)21-17/h15-16,18H,4-12H2,1-3H3. The van der Waals surface area contributed by atoms with Gasteiger partial charge in [-0.1, -0.05) is 6.92 Å². The molecule has 1 aromatic rings. The van der Waals surface area contributed by atoms with Gasteiger partial charge in [-0.2, -0.15) is 0 Å². The van der Waals surface area contributed by atoms with Crippen LogP contribution in [0.2, 0.25) is 0 Å². The fourth-order valence-corrected chi connectivity index (χ4v) is 3.90. The maximum absolute atomic E-state index is 5.87. The second kappa shape index (κ2) is 8.86. The van der Waals surface area contributed by atoms with Gasteiger partial charge in [-0.3, -0.25) is 0 Å². The van der Waals surface area contributed by atoms with E-state index in [9.17, 15) is 0 Å². The number of nitrogens with one attached hydrogen (secondary N) is 1. The van der Waals surface area contributed by atoms with Crippen LogP contribution in [-0.4, -0.2) is 30.3 Å². The molecule has 21 heavy (non-hydrogen) atoms. The van der Waals surface area contributed by atoms with Gasteiger partial charge in [0.2, 0.25) is 0 Å². The molecule has 120 valence electrons. The Bertz CT molecular complexity index is 393. The zero-order chi connectivity index (χ0) is 15.1. The molecule has 2 heterocycles. The summed E-state index contributed by atoms with van der Waals surface area (Å²) in [5.41, 5.74) is 1.19. The maximum atomic E-state index is 5.87. The van der Waals surface area contributed by atoms with Gasteiger partial charge in [0.15, 0.2) is 0 Å². The van der Waals surface area contributed by atoms with E-state index in [1.54, 1.807) is 0 Å². The van der Waals surface area contributed by atoms with Crippen LogP contribution >= 0.6 is 11.3 Å². The molecule has 0 amide bonds. The van der Waals surface area contributed by atoms with Crippen molar-refractivity contribution in [1.82, 2.24) is 10.3 Å². The lowest BCUT2D eigenvalue weighted by molar-refractivity contribution is 0.00858. The van der Waals surface area contributed by atoms with Crippen molar-refractivity contribution in [3.8, 4) is 0 Å². The molecule has 0 bridgehead atoms. The number of ether oxygens (including phenoxy) is 1. The Labute approximate surface area is 133 Å². The predicted molar refractivity (Wildman–Crippen MR) is 90.2 cm³/mol. The van der Waals surface area contributed by atoms with E-state index in [1.807, 2.05) is 11.3 Å². The molecule has 1 aliphatic heterocycles. The highest BCUT2D eigenvalue weighted by molar-refractivity contribution is 7.11. The van der Waals surface area contributed by atoms with E-state index in [-0.39, 0.29) is 0 Å². The van der Waals surface area contributed by atoms with Crippen LogP contribution in [0.4, 0.5) is 0 Å². The fourth-order valence-electron chi connectivity index (χ4n) is 2.88. The van der Waals surface area contributed by atoms with Crippen LogP contribution in [0.25, 0.3) is 0 Å². The minimum Gasteiger partial charge on any atom is -0.378 e. The van der Waals surface area contributed by atoms with E-state index in [1.165, 1.54) is 54.1 Å². The quantitative estimate of drug-likeness (QED) is 0.787. The van der Waals surface area contributed by atoms with Crippen molar-refractivity contribution in [2.75, 3.05) is 13.2 Å². The van der Waals surface area contributed by atoms with E-state index in [4.69, 9.17) is 9.72 Å². The molecule has 0 saturated carbocycles. The lowest BCUT2D eigenvalue weighted by Gasteiger charge is -2.25. The molecule has 1 aliphatic rings. The summed E-state index contributed by atoms with van der Waals surface area (Å²) in [5.74, 6) is 0. The number of aromatic nitrogens is 1. The number of hydrogen-bond acceptors (Lipinski definition) is 4. The molecule has 0 aliphatic carbocycles. The topological polar surface area (TPSA) is 34.1 Å². The first kappa shape index (κ1) is 16.9. The van der Waals surface area contributed by atoms with Gasteiger partial charge in [-0.15, -0.1) is 11.3 Å². The molecule has 1 saturated heterocycles. The average Bonchev–Trinajstić information content (AvgIpc) is 2.81. The second-order valence-corrected chi connectivity index (χ2v) is 7.46. The molecule has 2 atom stereocenters. The van der Waals surface area contributed by atoms with E-state index in [2.05, 4.69) is 26.1 Å². The molecular weight excluding hydrogens is 280 g/mol. The summed E-state index contributed by atoms with van der Waals surface area (Å²) in [6.07, 6.45) is 8.94. The summed E-state index contributed by atoms with van der Waals surface area (Å²) >= 11 is 1.86. The highest BCUT2D eigenvalue weighted by Crippen LogP contribution is 2.21. The van der Waals surface area contributed by atoms with Gasteiger partial charge in [0, 0.05) is 23.9 Å². The third-order valence-corrected chi connectivity index (χ3v) is 5.38. The minimum atomic E-state index is 0.490. The van der Waals surface area contributed by atoms with Crippen molar-refractivity contribution in [3.63, 3.8) is 0 Å². The number of nitrogens with zero attached hydrogens (tertiary/aromatic N) is 1. The smallest absolute Gasteiger partial charge is 0.0946 e. The summed E-state index contributed by atoms with van der Waals surface area (Å²) < 4.78 is 5.87. The van der Waals surface area contributed by atoms with Crippen LogP contribution in [-0.2, 0) is 11.2 Å².